The second-order valence-corrected chi connectivity index (χ2v) is 6.91. The minimum absolute atomic E-state index is 0.386. The predicted molar refractivity (Wildman–Crippen MR) is 116 cm³/mol. The molecule has 0 aromatic heterocycles. The van der Waals surface area contributed by atoms with E-state index in [0.717, 1.165) is 23.8 Å². The summed E-state index contributed by atoms with van der Waals surface area (Å²) in [6.07, 6.45) is 4.80. The molecule has 152 valence electrons. The van der Waals surface area contributed by atoms with Crippen LogP contribution < -0.4 is 9.47 Å². The Hall–Kier alpha value is -2.85. The summed E-state index contributed by atoms with van der Waals surface area (Å²) in [4.78, 5) is 12.5. The first-order chi connectivity index (χ1) is 14.3. The van der Waals surface area contributed by atoms with Crippen molar-refractivity contribution in [2.24, 2.45) is 0 Å². The number of rotatable bonds is 11. The van der Waals surface area contributed by atoms with Gasteiger partial charge in [0.2, 0.25) is 0 Å². The van der Waals surface area contributed by atoms with Crippen molar-refractivity contribution in [1.82, 2.24) is 0 Å². The molecule has 0 spiro atoms. The highest BCUT2D eigenvalue weighted by Crippen LogP contribution is 2.26. The summed E-state index contributed by atoms with van der Waals surface area (Å²) in [7, 11) is 0. The van der Waals surface area contributed by atoms with Gasteiger partial charge in [-0.05, 0) is 42.1 Å². The van der Waals surface area contributed by atoms with Crippen LogP contribution in [0.3, 0.4) is 0 Å². The van der Waals surface area contributed by atoms with Crippen LogP contribution in [0.1, 0.15) is 43.0 Å². The van der Waals surface area contributed by atoms with Crippen molar-refractivity contribution in [1.29, 1.82) is 0 Å². The van der Waals surface area contributed by atoms with Crippen LogP contribution in [0.4, 0.5) is 0 Å². The molecular weight excluding hydrogens is 364 g/mol. The molecule has 0 unspecified atom stereocenters. The molecule has 0 radical (unpaired) electrons. The fraction of sp³-hybridized carbons (Fsp3) is 0.320. The van der Waals surface area contributed by atoms with Crippen LogP contribution in [0.2, 0.25) is 0 Å². The zero-order chi connectivity index (χ0) is 20.3. The second kappa shape index (κ2) is 11.2. The Balaban J connectivity index is 1.46. The molecule has 0 atom stereocenters. The molecule has 0 N–H and O–H groups in total. The zero-order valence-electron chi connectivity index (χ0n) is 16.9. The highest BCUT2D eigenvalue weighted by molar-refractivity contribution is 5.95. The van der Waals surface area contributed by atoms with Crippen LogP contribution in [-0.4, -0.2) is 25.8 Å². The lowest BCUT2D eigenvalue weighted by Gasteiger charge is -2.09. The van der Waals surface area contributed by atoms with Gasteiger partial charge in [-0.25, -0.2) is 4.79 Å². The summed E-state index contributed by atoms with van der Waals surface area (Å²) in [5, 5.41) is 1.95. The summed E-state index contributed by atoms with van der Waals surface area (Å²) in [5.74, 6) is 0.883. The average molecular weight is 392 g/mol. The average Bonchev–Trinajstić information content (AvgIpc) is 2.76. The van der Waals surface area contributed by atoms with Gasteiger partial charge in [0, 0.05) is 12.0 Å². The SMILES string of the molecule is CCCCCCOCCOc1ccc(C(=O)Oc2cccc3ccccc23)cc1. The van der Waals surface area contributed by atoms with Crippen molar-refractivity contribution in [3.05, 3.63) is 72.3 Å². The molecule has 0 heterocycles. The van der Waals surface area contributed by atoms with Crippen molar-refractivity contribution in [2.45, 2.75) is 32.6 Å². The van der Waals surface area contributed by atoms with Gasteiger partial charge in [-0.15, -0.1) is 0 Å². The van der Waals surface area contributed by atoms with Crippen molar-refractivity contribution in [2.75, 3.05) is 19.8 Å². The standard InChI is InChI=1S/C25H28O4/c1-2-3-4-7-17-27-18-19-28-22-15-13-21(14-16-22)25(26)29-24-12-8-10-20-9-5-6-11-23(20)24/h5-6,8-16H,2-4,7,17-19H2,1H3. The Bertz CT molecular complexity index is 897. The fourth-order valence-corrected chi connectivity index (χ4v) is 3.08. The number of hydrogen-bond acceptors (Lipinski definition) is 4. The lowest BCUT2D eigenvalue weighted by atomic mass is 10.1. The number of fused-ring (bicyclic) bond motifs is 1. The van der Waals surface area contributed by atoms with Gasteiger partial charge in [0.05, 0.1) is 12.2 Å². The van der Waals surface area contributed by atoms with Crippen LogP contribution in [0.15, 0.2) is 66.7 Å². The quantitative estimate of drug-likeness (QED) is 0.227. The van der Waals surface area contributed by atoms with Crippen LogP contribution in [0.25, 0.3) is 10.8 Å². The highest BCUT2D eigenvalue weighted by Gasteiger charge is 2.11. The minimum Gasteiger partial charge on any atom is -0.491 e. The van der Waals surface area contributed by atoms with Gasteiger partial charge in [0.1, 0.15) is 18.1 Å². The number of carbonyl (C=O) groups excluding carboxylic acids is 1. The van der Waals surface area contributed by atoms with E-state index in [1.54, 1.807) is 30.3 Å². The highest BCUT2D eigenvalue weighted by atomic mass is 16.5. The summed E-state index contributed by atoms with van der Waals surface area (Å²) in [6, 6.07) is 20.5. The van der Waals surface area contributed by atoms with Gasteiger partial charge in [-0.3, -0.25) is 0 Å². The van der Waals surface area contributed by atoms with Gasteiger partial charge in [0.25, 0.3) is 0 Å². The smallest absolute Gasteiger partial charge is 0.343 e. The van der Waals surface area contributed by atoms with E-state index in [9.17, 15) is 4.79 Å². The van der Waals surface area contributed by atoms with E-state index in [1.165, 1.54) is 19.3 Å². The van der Waals surface area contributed by atoms with Crippen molar-refractivity contribution >= 4 is 16.7 Å². The van der Waals surface area contributed by atoms with Gasteiger partial charge < -0.3 is 14.2 Å². The minimum atomic E-state index is -0.386. The van der Waals surface area contributed by atoms with Gasteiger partial charge in [0.15, 0.2) is 0 Å². The van der Waals surface area contributed by atoms with Gasteiger partial charge >= 0.3 is 5.97 Å². The summed E-state index contributed by atoms with van der Waals surface area (Å²) in [6.45, 7) is 4.04. The van der Waals surface area contributed by atoms with Crippen LogP contribution in [0.5, 0.6) is 11.5 Å². The zero-order valence-corrected chi connectivity index (χ0v) is 16.9. The second-order valence-electron chi connectivity index (χ2n) is 6.91. The maximum absolute atomic E-state index is 12.5. The van der Waals surface area contributed by atoms with Crippen LogP contribution in [0, 0.1) is 0 Å². The molecule has 0 amide bonds. The fourth-order valence-electron chi connectivity index (χ4n) is 3.08. The maximum atomic E-state index is 12.5. The molecule has 4 nitrogen and oxygen atoms in total. The van der Waals surface area contributed by atoms with Crippen molar-refractivity contribution in [3.63, 3.8) is 0 Å². The van der Waals surface area contributed by atoms with Crippen LogP contribution >= 0.6 is 0 Å². The number of carbonyl (C=O) groups is 1. The summed E-state index contributed by atoms with van der Waals surface area (Å²) >= 11 is 0. The first-order valence-corrected chi connectivity index (χ1v) is 10.3. The molecule has 0 saturated heterocycles. The molecule has 3 aromatic carbocycles. The van der Waals surface area contributed by atoms with E-state index in [0.29, 0.717) is 30.3 Å². The number of esters is 1. The third-order valence-electron chi connectivity index (χ3n) is 4.68. The molecule has 0 aliphatic carbocycles. The molecule has 4 heteroatoms. The Morgan fingerprint density at radius 3 is 2.41 bits per heavy atom. The van der Waals surface area contributed by atoms with E-state index in [2.05, 4.69) is 6.92 Å². The maximum Gasteiger partial charge on any atom is 0.343 e. The van der Waals surface area contributed by atoms with Crippen LogP contribution in [-0.2, 0) is 4.74 Å². The Labute approximate surface area is 172 Å². The van der Waals surface area contributed by atoms with E-state index in [1.807, 2.05) is 36.4 Å². The Kier molecular flexibility index (Phi) is 8.08. The molecular formula is C25H28O4. The molecule has 3 aromatic rings. The molecule has 0 bridgehead atoms. The first-order valence-electron chi connectivity index (χ1n) is 10.3. The lowest BCUT2D eigenvalue weighted by molar-refractivity contribution is 0.0737. The normalized spacial score (nSPS) is 10.8. The molecule has 29 heavy (non-hydrogen) atoms. The first kappa shape index (κ1) is 20.9. The number of hydrogen-bond donors (Lipinski definition) is 0. The molecule has 0 saturated carbocycles. The van der Waals surface area contributed by atoms with Crippen molar-refractivity contribution < 1.29 is 19.0 Å². The van der Waals surface area contributed by atoms with E-state index >= 15 is 0 Å². The third kappa shape index (κ3) is 6.33. The number of unbranched alkanes of at least 4 members (excludes halogenated alkanes) is 3. The van der Waals surface area contributed by atoms with Gasteiger partial charge in [-0.1, -0.05) is 62.6 Å². The van der Waals surface area contributed by atoms with Gasteiger partial charge in [-0.2, -0.15) is 0 Å². The number of benzene rings is 3. The van der Waals surface area contributed by atoms with E-state index < -0.39 is 0 Å². The number of ether oxygens (including phenoxy) is 3. The monoisotopic (exact) mass is 392 g/mol. The molecule has 0 fully saturated rings. The van der Waals surface area contributed by atoms with E-state index in [4.69, 9.17) is 14.2 Å². The molecule has 0 aliphatic heterocycles. The van der Waals surface area contributed by atoms with Crippen molar-refractivity contribution in [3.8, 4) is 11.5 Å². The summed E-state index contributed by atoms with van der Waals surface area (Å²) in [5.41, 5.74) is 0.484. The Morgan fingerprint density at radius 2 is 1.59 bits per heavy atom. The third-order valence-corrected chi connectivity index (χ3v) is 4.68. The molecule has 3 rings (SSSR count). The molecule has 0 aliphatic rings. The predicted octanol–water partition coefficient (Wildman–Crippen LogP) is 6.03. The largest absolute Gasteiger partial charge is 0.491 e. The van der Waals surface area contributed by atoms with E-state index in [-0.39, 0.29) is 5.97 Å². The summed E-state index contributed by atoms with van der Waals surface area (Å²) < 4.78 is 16.8. The topological polar surface area (TPSA) is 44.8 Å². The Morgan fingerprint density at radius 1 is 0.793 bits per heavy atom. The lowest BCUT2D eigenvalue weighted by Crippen LogP contribution is -2.09.